The van der Waals surface area contributed by atoms with Crippen molar-refractivity contribution in [1.82, 2.24) is 19.5 Å². The van der Waals surface area contributed by atoms with Gasteiger partial charge in [0.1, 0.15) is 0 Å². The molecule has 1 amide bonds. The van der Waals surface area contributed by atoms with E-state index in [1.54, 1.807) is 23.5 Å². The molecule has 0 fully saturated rings. The fourth-order valence-corrected chi connectivity index (χ4v) is 2.22. The van der Waals surface area contributed by atoms with Gasteiger partial charge < -0.3 is 4.90 Å². The molecule has 0 aliphatic carbocycles. The van der Waals surface area contributed by atoms with Crippen molar-refractivity contribution in [2.24, 2.45) is 0 Å². The van der Waals surface area contributed by atoms with E-state index in [2.05, 4.69) is 14.6 Å². The molecular formula is C13H16N4OS. The van der Waals surface area contributed by atoms with Crippen LogP contribution in [0.3, 0.4) is 0 Å². The molecule has 0 radical (unpaired) electrons. The Morgan fingerprint density at radius 1 is 1.53 bits per heavy atom. The maximum Gasteiger partial charge on any atom is 0.275 e. The van der Waals surface area contributed by atoms with Crippen LogP contribution in [0.25, 0.3) is 0 Å². The van der Waals surface area contributed by atoms with Gasteiger partial charge in [-0.2, -0.15) is 0 Å². The highest BCUT2D eigenvalue weighted by molar-refractivity contribution is 7.03. The largest absolute Gasteiger partial charge is 0.337 e. The number of aromatic nitrogens is 3. The highest BCUT2D eigenvalue weighted by Crippen LogP contribution is 2.10. The molecule has 0 unspecified atom stereocenters. The second kappa shape index (κ2) is 5.88. The highest BCUT2D eigenvalue weighted by atomic mass is 32.1. The number of likely N-dealkylation sites (N-methyl/N-ethyl adjacent to an activating group) is 1. The summed E-state index contributed by atoms with van der Waals surface area (Å²) in [5, 5.41) is 5.47. The smallest absolute Gasteiger partial charge is 0.275 e. The zero-order valence-corrected chi connectivity index (χ0v) is 12.0. The average molecular weight is 276 g/mol. The summed E-state index contributed by atoms with van der Waals surface area (Å²) in [4.78, 5) is 18.1. The van der Waals surface area contributed by atoms with Crippen molar-refractivity contribution >= 4 is 17.4 Å². The van der Waals surface area contributed by atoms with Crippen LogP contribution in [-0.4, -0.2) is 38.5 Å². The topological polar surface area (TPSA) is 59.0 Å². The molecule has 0 spiro atoms. The Kier molecular flexibility index (Phi) is 4.21. The number of hydrogen-bond donors (Lipinski definition) is 0. The van der Waals surface area contributed by atoms with Crippen LogP contribution in [-0.2, 0) is 6.42 Å². The maximum absolute atomic E-state index is 12.1. The van der Waals surface area contributed by atoms with Crippen LogP contribution < -0.4 is 0 Å². The van der Waals surface area contributed by atoms with Crippen LogP contribution >= 0.6 is 11.5 Å². The Labute approximate surface area is 116 Å². The van der Waals surface area contributed by atoms with Crippen LogP contribution in [0.1, 0.15) is 28.7 Å². The maximum atomic E-state index is 12.1. The standard InChI is InChI=1S/C13H16N4OS/c1-9-4-5-14-11(6-9)7-10(2)17(3)13(18)12-8-19-16-15-12/h4-6,8,10H,7H2,1-3H3/t10-/m1/s1. The molecular weight excluding hydrogens is 260 g/mol. The first-order valence-corrected chi connectivity index (χ1v) is 6.87. The fraction of sp³-hybridized carbons (Fsp3) is 0.385. The van der Waals surface area contributed by atoms with Crippen molar-refractivity contribution in [3.8, 4) is 0 Å². The molecule has 0 aliphatic rings. The van der Waals surface area contributed by atoms with E-state index in [9.17, 15) is 4.79 Å². The van der Waals surface area contributed by atoms with Crippen molar-refractivity contribution in [2.75, 3.05) is 7.05 Å². The first-order valence-electron chi connectivity index (χ1n) is 6.03. The second-order valence-electron chi connectivity index (χ2n) is 4.58. The third kappa shape index (κ3) is 3.35. The molecule has 0 aromatic carbocycles. The third-order valence-corrected chi connectivity index (χ3v) is 3.54. The van der Waals surface area contributed by atoms with E-state index in [4.69, 9.17) is 0 Å². The summed E-state index contributed by atoms with van der Waals surface area (Å²) in [6.07, 6.45) is 2.52. The Bertz CT molecular complexity index is 556. The number of amides is 1. The fourth-order valence-electron chi connectivity index (χ4n) is 1.79. The Hall–Kier alpha value is -1.82. The second-order valence-corrected chi connectivity index (χ2v) is 5.19. The van der Waals surface area contributed by atoms with Gasteiger partial charge in [-0.1, -0.05) is 4.49 Å². The van der Waals surface area contributed by atoms with Gasteiger partial charge in [0.05, 0.1) is 0 Å². The van der Waals surface area contributed by atoms with Crippen LogP contribution in [0.15, 0.2) is 23.7 Å². The summed E-state index contributed by atoms with van der Waals surface area (Å²) < 4.78 is 3.71. The Morgan fingerprint density at radius 3 is 2.95 bits per heavy atom. The summed E-state index contributed by atoms with van der Waals surface area (Å²) in [5.74, 6) is -0.103. The summed E-state index contributed by atoms with van der Waals surface area (Å²) in [6.45, 7) is 4.04. The lowest BCUT2D eigenvalue weighted by Gasteiger charge is -2.23. The summed E-state index contributed by atoms with van der Waals surface area (Å²) in [6, 6.07) is 4.06. The molecule has 2 aromatic rings. The number of nitrogens with zero attached hydrogens (tertiary/aromatic N) is 4. The quantitative estimate of drug-likeness (QED) is 0.856. The minimum absolute atomic E-state index is 0.0588. The molecule has 2 heterocycles. The van der Waals surface area contributed by atoms with E-state index in [1.807, 2.05) is 26.0 Å². The normalized spacial score (nSPS) is 12.2. The van der Waals surface area contributed by atoms with Crippen LogP contribution in [0, 0.1) is 6.92 Å². The molecule has 5 nitrogen and oxygen atoms in total. The monoisotopic (exact) mass is 276 g/mol. The van der Waals surface area contributed by atoms with E-state index in [0.29, 0.717) is 5.69 Å². The summed E-state index contributed by atoms with van der Waals surface area (Å²) >= 11 is 1.18. The number of aryl methyl sites for hydroxylation is 1. The zero-order valence-electron chi connectivity index (χ0n) is 11.2. The molecule has 0 aliphatic heterocycles. The number of carbonyl (C=O) groups is 1. The van der Waals surface area contributed by atoms with Crippen molar-refractivity contribution < 1.29 is 4.79 Å². The molecule has 1 atom stereocenters. The van der Waals surface area contributed by atoms with Crippen LogP contribution in [0.2, 0.25) is 0 Å². The third-order valence-electron chi connectivity index (χ3n) is 3.04. The van der Waals surface area contributed by atoms with Gasteiger partial charge in [0, 0.05) is 36.8 Å². The van der Waals surface area contributed by atoms with Gasteiger partial charge in [-0.3, -0.25) is 9.78 Å². The van der Waals surface area contributed by atoms with Gasteiger partial charge in [-0.05, 0) is 43.1 Å². The van der Waals surface area contributed by atoms with Gasteiger partial charge in [0.25, 0.3) is 5.91 Å². The number of rotatable bonds is 4. The first-order chi connectivity index (χ1) is 9.08. The predicted molar refractivity (Wildman–Crippen MR) is 74.1 cm³/mol. The van der Waals surface area contributed by atoms with Crippen LogP contribution in [0.5, 0.6) is 0 Å². The van der Waals surface area contributed by atoms with Gasteiger partial charge in [0.2, 0.25) is 0 Å². The van der Waals surface area contributed by atoms with Gasteiger partial charge in [-0.15, -0.1) is 5.10 Å². The van der Waals surface area contributed by atoms with Gasteiger partial charge >= 0.3 is 0 Å². The lowest BCUT2D eigenvalue weighted by Crippen LogP contribution is -2.36. The molecule has 2 rings (SSSR count). The molecule has 0 saturated heterocycles. The molecule has 6 heteroatoms. The van der Waals surface area contributed by atoms with Crippen molar-refractivity contribution in [3.63, 3.8) is 0 Å². The average Bonchev–Trinajstić information content (AvgIpc) is 2.90. The summed E-state index contributed by atoms with van der Waals surface area (Å²) in [5.41, 5.74) is 2.56. The number of hydrogen-bond acceptors (Lipinski definition) is 5. The summed E-state index contributed by atoms with van der Waals surface area (Å²) in [7, 11) is 1.78. The molecule has 0 bridgehead atoms. The van der Waals surface area contributed by atoms with Crippen LogP contribution in [0.4, 0.5) is 0 Å². The minimum Gasteiger partial charge on any atom is -0.337 e. The molecule has 19 heavy (non-hydrogen) atoms. The molecule has 0 N–H and O–H groups in total. The van der Waals surface area contributed by atoms with E-state index in [1.165, 1.54) is 17.1 Å². The van der Waals surface area contributed by atoms with Gasteiger partial charge in [-0.25, -0.2) is 0 Å². The van der Waals surface area contributed by atoms with Crippen molar-refractivity contribution in [1.29, 1.82) is 0 Å². The van der Waals surface area contributed by atoms with E-state index in [-0.39, 0.29) is 11.9 Å². The lowest BCUT2D eigenvalue weighted by atomic mass is 10.1. The van der Waals surface area contributed by atoms with Crippen molar-refractivity contribution in [3.05, 3.63) is 40.7 Å². The van der Waals surface area contributed by atoms with E-state index < -0.39 is 0 Å². The lowest BCUT2D eigenvalue weighted by molar-refractivity contribution is 0.0737. The molecule has 0 saturated carbocycles. The van der Waals surface area contributed by atoms with E-state index >= 15 is 0 Å². The minimum atomic E-state index is -0.103. The first kappa shape index (κ1) is 13.6. The molecule has 100 valence electrons. The van der Waals surface area contributed by atoms with E-state index in [0.717, 1.165) is 12.1 Å². The SMILES string of the molecule is Cc1ccnc(C[C@@H](C)N(C)C(=O)c2csnn2)c1. The van der Waals surface area contributed by atoms with Crippen molar-refractivity contribution in [2.45, 2.75) is 26.3 Å². The number of pyridine rings is 1. The number of carbonyl (C=O) groups excluding carboxylic acids is 1. The zero-order chi connectivity index (χ0) is 13.8. The Balaban J connectivity index is 2.03. The molecule has 2 aromatic heterocycles. The predicted octanol–water partition coefficient (Wildman–Crippen LogP) is 1.94. The highest BCUT2D eigenvalue weighted by Gasteiger charge is 2.20. The Morgan fingerprint density at radius 2 is 2.32 bits per heavy atom. The van der Waals surface area contributed by atoms with Gasteiger partial charge in [0.15, 0.2) is 5.69 Å².